The molecular weight excluding hydrogens is 586 g/mol. The molecule has 0 amide bonds. The first-order valence-electron chi connectivity index (χ1n) is 4.95. The summed E-state index contributed by atoms with van der Waals surface area (Å²) in [6.07, 6.45) is 3.66. The van der Waals surface area contributed by atoms with Crippen LogP contribution in [0.2, 0.25) is 0 Å². The second-order valence-corrected chi connectivity index (χ2v) is 7.52. The van der Waals surface area contributed by atoms with Gasteiger partial charge in [0.2, 0.25) is 0 Å². The molecule has 0 radical (unpaired) electrons. The molecule has 18 heavy (non-hydrogen) atoms. The first-order chi connectivity index (χ1) is 8.40. The van der Waals surface area contributed by atoms with E-state index in [4.69, 9.17) is 0 Å². The van der Waals surface area contributed by atoms with E-state index in [0.717, 1.165) is 9.21 Å². The number of nitrogens with zero attached hydrogens (tertiary/aromatic N) is 2. The van der Waals surface area contributed by atoms with Crippen molar-refractivity contribution in [3.05, 3.63) is 52.0 Å². The molecule has 0 aliphatic rings. The van der Waals surface area contributed by atoms with Gasteiger partial charge in [0.25, 0.3) is 0 Å². The molecule has 0 aliphatic heterocycles. The Bertz CT molecular complexity index is 498. The van der Waals surface area contributed by atoms with E-state index in [2.05, 4.69) is 99.1 Å². The number of aryl methyl sites for hydroxylation is 2. The van der Waals surface area contributed by atoms with Crippen molar-refractivity contribution in [2.75, 3.05) is 0 Å². The molecule has 0 aromatic carbocycles. The highest BCUT2D eigenvalue weighted by molar-refractivity contribution is 14.1. The molecule has 0 aliphatic carbocycles. The summed E-state index contributed by atoms with van der Waals surface area (Å²) in [4.78, 5) is 8.17. The Balaban J connectivity index is 0.000000180. The molecule has 0 bridgehead atoms. The smallest absolute Gasteiger partial charge is 0.109 e. The largest absolute Gasteiger partial charge is 0.248 e. The van der Waals surface area contributed by atoms with Crippen LogP contribution in [0.3, 0.4) is 0 Å². The van der Waals surface area contributed by atoms with Gasteiger partial charge in [0.05, 0.1) is 0 Å². The molecular formula is C12H10Br2I2N2. The van der Waals surface area contributed by atoms with Crippen LogP contribution in [0.5, 0.6) is 0 Å². The van der Waals surface area contributed by atoms with E-state index < -0.39 is 0 Å². The summed E-state index contributed by atoms with van der Waals surface area (Å²) in [5.74, 6) is 0. The van der Waals surface area contributed by atoms with Gasteiger partial charge in [0, 0.05) is 19.5 Å². The summed E-state index contributed by atoms with van der Waals surface area (Å²) in [6, 6.07) is 4.16. The lowest BCUT2D eigenvalue weighted by Crippen LogP contribution is -1.81. The minimum Gasteiger partial charge on any atom is -0.248 e. The van der Waals surface area contributed by atoms with Gasteiger partial charge in [-0.15, -0.1) is 0 Å². The molecule has 6 heteroatoms. The molecule has 2 heterocycles. The lowest BCUT2D eigenvalue weighted by atomic mass is 10.3. The standard InChI is InChI=1S/2C6H5BrIN/c2*1-4-2-5(8)3-9-6(4)7/h2*2-3H,1H3. The molecule has 2 aromatic rings. The summed E-state index contributed by atoms with van der Waals surface area (Å²) >= 11 is 11.1. The molecule has 0 saturated heterocycles. The number of hydrogen-bond acceptors (Lipinski definition) is 2. The van der Waals surface area contributed by atoms with Gasteiger partial charge < -0.3 is 0 Å². The minimum absolute atomic E-state index is 0.933. The van der Waals surface area contributed by atoms with Gasteiger partial charge in [0.1, 0.15) is 9.21 Å². The Morgan fingerprint density at radius 1 is 0.833 bits per heavy atom. The summed E-state index contributed by atoms with van der Waals surface area (Å²) < 4.78 is 4.22. The molecule has 2 rings (SSSR count). The predicted octanol–water partition coefficient (Wildman–Crippen LogP) is 5.51. The maximum atomic E-state index is 4.09. The number of rotatable bonds is 0. The van der Waals surface area contributed by atoms with Gasteiger partial charge in [0.15, 0.2) is 0 Å². The van der Waals surface area contributed by atoms with Crippen LogP contribution in [0, 0.1) is 21.0 Å². The Labute approximate surface area is 151 Å². The maximum Gasteiger partial charge on any atom is 0.109 e. The highest BCUT2D eigenvalue weighted by Gasteiger charge is 1.94. The Kier molecular flexibility index (Phi) is 7.55. The van der Waals surface area contributed by atoms with E-state index in [9.17, 15) is 0 Å². The van der Waals surface area contributed by atoms with Crippen molar-refractivity contribution in [1.29, 1.82) is 0 Å². The summed E-state index contributed by atoms with van der Waals surface area (Å²) in [7, 11) is 0. The molecule has 2 nitrogen and oxygen atoms in total. The van der Waals surface area contributed by atoms with Crippen LogP contribution in [0.1, 0.15) is 11.1 Å². The highest BCUT2D eigenvalue weighted by Crippen LogP contribution is 2.14. The monoisotopic (exact) mass is 594 g/mol. The molecule has 0 spiro atoms. The lowest BCUT2D eigenvalue weighted by molar-refractivity contribution is 1.20. The third-order valence-corrected chi connectivity index (χ3v) is 4.80. The molecule has 96 valence electrons. The molecule has 0 atom stereocenters. The van der Waals surface area contributed by atoms with Crippen molar-refractivity contribution in [2.24, 2.45) is 0 Å². The van der Waals surface area contributed by atoms with Crippen molar-refractivity contribution < 1.29 is 0 Å². The van der Waals surface area contributed by atoms with Gasteiger partial charge >= 0.3 is 0 Å². The maximum absolute atomic E-state index is 4.09. The summed E-state index contributed by atoms with van der Waals surface area (Å²) in [5, 5.41) is 0. The van der Waals surface area contributed by atoms with Crippen LogP contribution >= 0.6 is 77.0 Å². The average molecular weight is 596 g/mol. The topological polar surface area (TPSA) is 25.8 Å². The zero-order chi connectivity index (χ0) is 13.7. The van der Waals surface area contributed by atoms with Crippen LogP contribution in [-0.2, 0) is 0 Å². The number of hydrogen-bond donors (Lipinski definition) is 0. The van der Waals surface area contributed by atoms with E-state index in [-0.39, 0.29) is 0 Å². The second kappa shape index (κ2) is 8.11. The molecule has 0 fully saturated rings. The third-order valence-electron chi connectivity index (χ3n) is 1.96. The van der Waals surface area contributed by atoms with Gasteiger partial charge in [-0.3, -0.25) is 0 Å². The van der Waals surface area contributed by atoms with Gasteiger partial charge in [-0.1, -0.05) is 0 Å². The van der Waals surface area contributed by atoms with E-state index >= 15 is 0 Å². The first kappa shape index (κ1) is 16.8. The van der Waals surface area contributed by atoms with E-state index in [1.807, 2.05) is 26.2 Å². The number of pyridine rings is 2. The third kappa shape index (κ3) is 5.79. The quantitative estimate of drug-likeness (QED) is 0.297. The van der Waals surface area contributed by atoms with Crippen LogP contribution in [-0.4, -0.2) is 9.97 Å². The SMILES string of the molecule is Cc1cc(I)cnc1Br.Cc1cc(I)cnc1Br. The van der Waals surface area contributed by atoms with Crippen LogP contribution in [0.4, 0.5) is 0 Å². The summed E-state index contributed by atoms with van der Waals surface area (Å²) in [6.45, 7) is 4.05. The Morgan fingerprint density at radius 2 is 1.17 bits per heavy atom. The van der Waals surface area contributed by atoms with Crippen LogP contribution in [0.15, 0.2) is 33.7 Å². The first-order valence-corrected chi connectivity index (χ1v) is 8.70. The van der Waals surface area contributed by atoms with Crippen molar-refractivity contribution in [3.8, 4) is 0 Å². The van der Waals surface area contributed by atoms with Gasteiger partial charge in [-0.2, -0.15) is 0 Å². The molecule has 0 N–H and O–H groups in total. The highest BCUT2D eigenvalue weighted by atomic mass is 127. The zero-order valence-corrected chi connectivity index (χ0v) is 17.2. The predicted molar refractivity (Wildman–Crippen MR) is 98.8 cm³/mol. The van der Waals surface area contributed by atoms with Crippen LogP contribution in [0.25, 0.3) is 0 Å². The fourth-order valence-electron chi connectivity index (χ4n) is 1.05. The normalized spacial score (nSPS) is 9.67. The van der Waals surface area contributed by atoms with Crippen molar-refractivity contribution in [3.63, 3.8) is 0 Å². The fraction of sp³-hybridized carbons (Fsp3) is 0.167. The van der Waals surface area contributed by atoms with E-state index in [1.54, 1.807) is 0 Å². The molecule has 2 aromatic heterocycles. The average Bonchev–Trinajstić information content (AvgIpc) is 2.30. The van der Waals surface area contributed by atoms with Crippen LogP contribution < -0.4 is 0 Å². The van der Waals surface area contributed by atoms with E-state index in [1.165, 1.54) is 18.3 Å². The minimum atomic E-state index is 0.933. The zero-order valence-electron chi connectivity index (χ0n) is 9.72. The number of aromatic nitrogens is 2. The van der Waals surface area contributed by atoms with Crippen molar-refractivity contribution in [2.45, 2.75) is 13.8 Å². The molecule has 0 saturated carbocycles. The van der Waals surface area contributed by atoms with Gasteiger partial charge in [-0.25, -0.2) is 9.97 Å². The van der Waals surface area contributed by atoms with Crippen molar-refractivity contribution >= 4 is 77.0 Å². The van der Waals surface area contributed by atoms with Gasteiger partial charge in [-0.05, 0) is 114 Å². The fourth-order valence-corrected chi connectivity index (χ4v) is 2.69. The van der Waals surface area contributed by atoms with Crippen molar-refractivity contribution in [1.82, 2.24) is 9.97 Å². The molecule has 0 unspecified atom stereocenters. The van der Waals surface area contributed by atoms with E-state index in [0.29, 0.717) is 0 Å². The Hall–Kier alpha value is 0.720. The lowest BCUT2D eigenvalue weighted by Gasteiger charge is -1.94. The number of halogens is 4. The summed E-state index contributed by atoms with van der Waals surface area (Å²) in [5.41, 5.74) is 2.36. The second-order valence-electron chi connectivity index (χ2n) is 3.52. The Morgan fingerprint density at radius 3 is 1.39 bits per heavy atom.